The maximum absolute atomic E-state index is 10.3. The number of hydrogen-bond acceptors (Lipinski definition) is 2. The number of nitrogens with two attached hydrogens (primary N) is 1. The van der Waals surface area contributed by atoms with Gasteiger partial charge in [-0.15, -0.1) is 0 Å². The summed E-state index contributed by atoms with van der Waals surface area (Å²) in [6.07, 6.45) is -0.772. The normalized spacial score (nSPS) is 12.4. The van der Waals surface area contributed by atoms with Crippen molar-refractivity contribution in [2.24, 2.45) is 0 Å². The minimum atomic E-state index is -0.772. The van der Waals surface area contributed by atoms with Crippen LogP contribution in [-0.4, -0.2) is 5.11 Å². The first-order chi connectivity index (χ1) is 8.08. The monoisotopic (exact) mass is 311 g/mol. The molecule has 3 N–H and O–H groups in total. The first kappa shape index (κ1) is 12.4. The van der Waals surface area contributed by atoms with Crippen molar-refractivity contribution < 1.29 is 5.11 Å². The Balaban J connectivity index is 2.43. The zero-order valence-electron chi connectivity index (χ0n) is 8.90. The number of aliphatic hydroxyl groups is 1. The van der Waals surface area contributed by atoms with Crippen molar-refractivity contribution >= 4 is 33.2 Å². The first-order valence-corrected chi connectivity index (χ1v) is 6.23. The molecule has 0 aromatic heterocycles. The molecule has 0 spiro atoms. The van der Waals surface area contributed by atoms with Gasteiger partial charge < -0.3 is 10.8 Å². The highest BCUT2D eigenvalue weighted by Crippen LogP contribution is 2.30. The second kappa shape index (κ2) is 5.08. The zero-order chi connectivity index (χ0) is 12.4. The lowest BCUT2D eigenvalue weighted by Crippen LogP contribution is -2.03. The lowest BCUT2D eigenvalue weighted by Gasteiger charge is -2.14. The van der Waals surface area contributed by atoms with Gasteiger partial charge in [-0.1, -0.05) is 39.7 Å². The summed E-state index contributed by atoms with van der Waals surface area (Å²) < 4.78 is 0.878. The van der Waals surface area contributed by atoms with E-state index in [1.54, 1.807) is 30.3 Å². The van der Waals surface area contributed by atoms with E-state index in [1.807, 2.05) is 12.1 Å². The molecule has 0 saturated carbocycles. The second-order valence-corrected chi connectivity index (χ2v) is 5.08. The van der Waals surface area contributed by atoms with Crippen LogP contribution in [0.25, 0.3) is 0 Å². The lowest BCUT2D eigenvalue weighted by molar-refractivity contribution is 0.221. The molecule has 1 atom stereocenters. The standard InChI is InChI=1S/C13H11BrClNO/c14-9-4-5-12(16)11(7-9)13(17)8-2-1-3-10(15)6-8/h1-7,13,17H,16H2. The number of anilines is 1. The zero-order valence-corrected chi connectivity index (χ0v) is 11.2. The molecule has 17 heavy (non-hydrogen) atoms. The fourth-order valence-electron chi connectivity index (χ4n) is 1.64. The summed E-state index contributed by atoms with van der Waals surface area (Å²) in [6, 6.07) is 12.5. The van der Waals surface area contributed by atoms with Gasteiger partial charge in [0.2, 0.25) is 0 Å². The molecular weight excluding hydrogens is 302 g/mol. The Morgan fingerprint density at radius 1 is 1.18 bits per heavy atom. The number of rotatable bonds is 2. The fraction of sp³-hybridized carbons (Fsp3) is 0.0769. The van der Waals surface area contributed by atoms with Gasteiger partial charge in [0.25, 0.3) is 0 Å². The van der Waals surface area contributed by atoms with Crippen LogP contribution >= 0.6 is 27.5 Å². The van der Waals surface area contributed by atoms with E-state index >= 15 is 0 Å². The molecular formula is C13H11BrClNO. The van der Waals surface area contributed by atoms with Gasteiger partial charge in [-0.05, 0) is 35.9 Å². The topological polar surface area (TPSA) is 46.2 Å². The third kappa shape index (κ3) is 2.80. The Morgan fingerprint density at radius 3 is 2.65 bits per heavy atom. The van der Waals surface area contributed by atoms with Gasteiger partial charge in [0.05, 0.1) is 0 Å². The maximum atomic E-state index is 10.3. The maximum Gasteiger partial charge on any atom is 0.106 e. The van der Waals surface area contributed by atoms with E-state index in [4.69, 9.17) is 17.3 Å². The molecule has 4 heteroatoms. The highest BCUT2D eigenvalue weighted by Gasteiger charge is 2.14. The summed E-state index contributed by atoms with van der Waals surface area (Å²) >= 11 is 9.25. The number of benzene rings is 2. The Morgan fingerprint density at radius 2 is 1.94 bits per heavy atom. The minimum Gasteiger partial charge on any atom is -0.398 e. The molecule has 0 fully saturated rings. The van der Waals surface area contributed by atoms with Gasteiger partial charge in [0.1, 0.15) is 6.10 Å². The van der Waals surface area contributed by atoms with E-state index in [0.717, 1.165) is 10.0 Å². The summed E-state index contributed by atoms with van der Waals surface area (Å²) in [4.78, 5) is 0. The van der Waals surface area contributed by atoms with Crippen molar-refractivity contribution in [1.29, 1.82) is 0 Å². The second-order valence-electron chi connectivity index (χ2n) is 3.73. The minimum absolute atomic E-state index is 0.556. The summed E-state index contributed by atoms with van der Waals surface area (Å²) in [5, 5.41) is 10.9. The van der Waals surface area contributed by atoms with Gasteiger partial charge in [0, 0.05) is 20.7 Å². The average Bonchev–Trinajstić information content (AvgIpc) is 2.31. The smallest absolute Gasteiger partial charge is 0.106 e. The van der Waals surface area contributed by atoms with Crippen LogP contribution in [0.2, 0.25) is 5.02 Å². The van der Waals surface area contributed by atoms with Crippen LogP contribution in [0.3, 0.4) is 0 Å². The predicted molar refractivity (Wildman–Crippen MR) is 74.1 cm³/mol. The van der Waals surface area contributed by atoms with Gasteiger partial charge in [0.15, 0.2) is 0 Å². The van der Waals surface area contributed by atoms with Crippen molar-refractivity contribution in [2.45, 2.75) is 6.10 Å². The first-order valence-electron chi connectivity index (χ1n) is 5.06. The Bertz CT molecular complexity index is 545. The number of nitrogen functional groups attached to an aromatic ring is 1. The molecule has 2 aromatic carbocycles. The molecule has 0 aliphatic heterocycles. The molecule has 88 valence electrons. The number of halogens is 2. The summed E-state index contributed by atoms with van der Waals surface area (Å²) in [5.41, 5.74) is 7.80. The Hall–Kier alpha value is -1.03. The Labute approximate surface area is 113 Å². The van der Waals surface area contributed by atoms with Crippen LogP contribution in [0.1, 0.15) is 17.2 Å². The van der Waals surface area contributed by atoms with Crippen LogP contribution < -0.4 is 5.73 Å². The molecule has 0 bridgehead atoms. The third-order valence-corrected chi connectivity index (χ3v) is 3.24. The molecule has 0 aliphatic rings. The summed E-state index contributed by atoms with van der Waals surface area (Å²) in [6.45, 7) is 0. The van der Waals surface area contributed by atoms with Gasteiger partial charge in [-0.2, -0.15) is 0 Å². The van der Waals surface area contributed by atoms with Gasteiger partial charge in [-0.3, -0.25) is 0 Å². The molecule has 0 heterocycles. The molecule has 0 aliphatic carbocycles. The van der Waals surface area contributed by atoms with Crippen LogP contribution in [0.15, 0.2) is 46.9 Å². The fourth-order valence-corrected chi connectivity index (χ4v) is 2.22. The summed E-state index contributed by atoms with van der Waals surface area (Å²) in [5.74, 6) is 0. The Kier molecular flexibility index (Phi) is 3.72. The van der Waals surface area contributed by atoms with Crippen LogP contribution in [0, 0.1) is 0 Å². The van der Waals surface area contributed by atoms with Crippen molar-refractivity contribution in [3.05, 3.63) is 63.1 Å². The van der Waals surface area contributed by atoms with E-state index in [9.17, 15) is 5.11 Å². The summed E-state index contributed by atoms with van der Waals surface area (Å²) in [7, 11) is 0. The van der Waals surface area contributed by atoms with Crippen molar-refractivity contribution in [2.75, 3.05) is 5.73 Å². The molecule has 0 radical (unpaired) electrons. The SMILES string of the molecule is Nc1ccc(Br)cc1C(O)c1cccc(Cl)c1. The molecule has 0 saturated heterocycles. The van der Waals surface area contributed by atoms with Crippen LogP contribution in [0.5, 0.6) is 0 Å². The van der Waals surface area contributed by atoms with Crippen molar-refractivity contribution in [1.82, 2.24) is 0 Å². The van der Waals surface area contributed by atoms with Gasteiger partial charge >= 0.3 is 0 Å². The largest absolute Gasteiger partial charge is 0.398 e. The molecule has 1 unspecified atom stereocenters. The molecule has 2 rings (SSSR count). The van der Waals surface area contributed by atoms with E-state index < -0.39 is 6.10 Å². The average molecular weight is 313 g/mol. The molecule has 2 nitrogen and oxygen atoms in total. The quantitative estimate of drug-likeness (QED) is 0.829. The predicted octanol–water partition coefficient (Wildman–Crippen LogP) is 3.77. The number of aliphatic hydroxyl groups excluding tert-OH is 1. The molecule has 2 aromatic rings. The van der Waals surface area contributed by atoms with Gasteiger partial charge in [-0.25, -0.2) is 0 Å². The lowest BCUT2D eigenvalue weighted by atomic mass is 10.0. The van der Waals surface area contributed by atoms with E-state index in [2.05, 4.69) is 15.9 Å². The van der Waals surface area contributed by atoms with Crippen LogP contribution in [0.4, 0.5) is 5.69 Å². The third-order valence-electron chi connectivity index (χ3n) is 2.51. The van der Waals surface area contributed by atoms with E-state index in [-0.39, 0.29) is 0 Å². The molecule has 0 amide bonds. The van der Waals surface area contributed by atoms with Crippen LogP contribution in [-0.2, 0) is 0 Å². The number of hydrogen-bond donors (Lipinski definition) is 2. The van der Waals surface area contributed by atoms with Crippen molar-refractivity contribution in [3.63, 3.8) is 0 Å². The van der Waals surface area contributed by atoms with E-state index in [0.29, 0.717) is 16.3 Å². The van der Waals surface area contributed by atoms with E-state index in [1.165, 1.54) is 0 Å². The highest BCUT2D eigenvalue weighted by molar-refractivity contribution is 9.10. The van der Waals surface area contributed by atoms with Crippen molar-refractivity contribution in [3.8, 4) is 0 Å². The highest BCUT2D eigenvalue weighted by atomic mass is 79.9.